The van der Waals surface area contributed by atoms with Crippen LogP contribution in [-0.2, 0) is 5.11 Å². The monoisotopic (exact) mass is 134 g/mol. The van der Waals surface area contributed by atoms with Crippen molar-refractivity contribution in [2.24, 2.45) is 0 Å². The highest BCUT2D eigenvalue weighted by Gasteiger charge is 2.19. The van der Waals surface area contributed by atoms with Gasteiger partial charge in [-0.15, -0.1) is 0 Å². The Morgan fingerprint density at radius 3 is 3.00 bits per heavy atom. The van der Waals surface area contributed by atoms with Gasteiger partial charge < -0.3 is 5.32 Å². The Bertz CT molecular complexity index is 247. The van der Waals surface area contributed by atoms with E-state index in [2.05, 4.69) is 5.32 Å². The molecule has 1 aromatic rings. The topological polar surface area (TPSA) is 31.9 Å². The smallest absolute Gasteiger partial charge is 0.137 e. The molecule has 0 saturated carbocycles. The predicted octanol–water partition coefficient (Wildman–Crippen LogP) is 1.58. The number of benzene rings is 1. The largest absolute Gasteiger partial charge is 0.382 e. The van der Waals surface area contributed by atoms with E-state index in [0.29, 0.717) is 6.54 Å². The number of rotatable bonds is 0. The molecule has 10 heavy (non-hydrogen) atoms. The predicted molar refractivity (Wildman–Crippen MR) is 38.4 cm³/mol. The summed E-state index contributed by atoms with van der Waals surface area (Å²) < 4.78 is 0. The van der Waals surface area contributed by atoms with Gasteiger partial charge in [0.05, 0.1) is 0 Å². The van der Waals surface area contributed by atoms with Crippen molar-refractivity contribution >= 4 is 5.69 Å². The Balaban J connectivity index is 2.51. The van der Waals surface area contributed by atoms with Gasteiger partial charge in [0.1, 0.15) is 6.10 Å². The standard InChI is InChI=1S/C8H8NO/c10-8-5-9-7-4-2-1-3-6(7)8/h1-4,8-9H,5H2. The molecule has 1 atom stereocenters. The van der Waals surface area contributed by atoms with Crippen molar-refractivity contribution in [3.63, 3.8) is 0 Å². The van der Waals surface area contributed by atoms with Gasteiger partial charge in [0.15, 0.2) is 0 Å². The third-order valence-electron chi connectivity index (χ3n) is 1.79. The van der Waals surface area contributed by atoms with E-state index in [1.165, 1.54) is 0 Å². The molecule has 1 N–H and O–H groups in total. The average Bonchev–Trinajstić information content (AvgIpc) is 2.34. The first-order valence-corrected chi connectivity index (χ1v) is 3.36. The summed E-state index contributed by atoms with van der Waals surface area (Å²) in [5, 5.41) is 14.1. The number of fused-ring (bicyclic) bond motifs is 1. The lowest BCUT2D eigenvalue weighted by atomic mass is 10.1. The zero-order valence-corrected chi connectivity index (χ0v) is 5.50. The van der Waals surface area contributed by atoms with E-state index in [9.17, 15) is 5.11 Å². The molecular weight excluding hydrogens is 126 g/mol. The first-order chi connectivity index (χ1) is 4.88. The van der Waals surface area contributed by atoms with Crippen LogP contribution < -0.4 is 5.32 Å². The molecule has 0 fully saturated rings. The Morgan fingerprint density at radius 2 is 2.20 bits per heavy atom. The first-order valence-electron chi connectivity index (χ1n) is 3.36. The Morgan fingerprint density at radius 1 is 1.40 bits per heavy atom. The summed E-state index contributed by atoms with van der Waals surface area (Å²) in [6.07, 6.45) is -0.559. The highest BCUT2D eigenvalue weighted by atomic mass is 16.3. The minimum atomic E-state index is -0.559. The Labute approximate surface area is 59.5 Å². The fourth-order valence-electron chi connectivity index (χ4n) is 1.25. The van der Waals surface area contributed by atoms with Crippen molar-refractivity contribution in [2.75, 3.05) is 11.9 Å². The highest BCUT2D eigenvalue weighted by Crippen LogP contribution is 2.28. The van der Waals surface area contributed by atoms with Crippen molar-refractivity contribution < 1.29 is 5.11 Å². The minimum Gasteiger partial charge on any atom is -0.382 e. The van der Waals surface area contributed by atoms with E-state index in [-0.39, 0.29) is 0 Å². The molecule has 0 aromatic heterocycles. The molecular formula is C8H8NO. The summed E-state index contributed by atoms with van der Waals surface area (Å²) >= 11 is 0. The van der Waals surface area contributed by atoms with Crippen LogP contribution in [0.2, 0.25) is 0 Å². The van der Waals surface area contributed by atoms with Crippen LogP contribution in [0.3, 0.4) is 0 Å². The Kier molecular flexibility index (Phi) is 1.14. The van der Waals surface area contributed by atoms with E-state index in [4.69, 9.17) is 0 Å². The van der Waals surface area contributed by atoms with E-state index in [0.717, 1.165) is 11.3 Å². The van der Waals surface area contributed by atoms with Gasteiger partial charge in [-0.05, 0) is 6.07 Å². The van der Waals surface area contributed by atoms with Gasteiger partial charge in [0, 0.05) is 17.8 Å². The number of anilines is 1. The summed E-state index contributed by atoms with van der Waals surface area (Å²) in [5.74, 6) is 0. The summed E-state index contributed by atoms with van der Waals surface area (Å²) in [6.45, 7) is 0.541. The molecule has 0 bridgehead atoms. The number of hydrogen-bond donors (Lipinski definition) is 1. The normalized spacial score (nSPS) is 21.9. The van der Waals surface area contributed by atoms with Crippen LogP contribution in [0.1, 0.15) is 11.7 Å². The molecule has 1 aliphatic rings. The molecule has 1 aromatic carbocycles. The lowest BCUT2D eigenvalue weighted by molar-refractivity contribution is 0.107. The highest BCUT2D eigenvalue weighted by molar-refractivity contribution is 5.56. The molecule has 1 radical (unpaired) electrons. The first kappa shape index (κ1) is 5.74. The lowest BCUT2D eigenvalue weighted by Gasteiger charge is -1.96. The van der Waals surface area contributed by atoms with Gasteiger partial charge in [-0.1, -0.05) is 18.2 Å². The van der Waals surface area contributed by atoms with Crippen LogP contribution in [0, 0.1) is 0 Å². The minimum absolute atomic E-state index is 0.541. The third-order valence-corrected chi connectivity index (χ3v) is 1.79. The maximum Gasteiger partial charge on any atom is 0.137 e. The Hall–Kier alpha value is -1.02. The lowest BCUT2D eigenvalue weighted by Crippen LogP contribution is -1.97. The van der Waals surface area contributed by atoms with E-state index >= 15 is 0 Å². The van der Waals surface area contributed by atoms with Crippen LogP contribution in [0.4, 0.5) is 5.69 Å². The second-order valence-corrected chi connectivity index (χ2v) is 2.46. The maximum absolute atomic E-state index is 11.1. The van der Waals surface area contributed by atoms with Gasteiger partial charge in [-0.25, -0.2) is 5.11 Å². The van der Waals surface area contributed by atoms with Crippen LogP contribution in [0.5, 0.6) is 0 Å². The van der Waals surface area contributed by atoms with Gasteiger partial charge in [0.2, 0.25) is 0 Å². The molecule has 2 heteroatoms. The van der Waals surface area contributed by atoms with E-state index in [1.54, 1.807) is 0 Å². The van der Waals surface area contributed by atoms with Gasteiger partial charge in [-0.3, -0.25) is 0 Å². The third kappa shape index (κ3) is 0.693. The molecule has 51 valence electrons. The molecule has 0 aliphatic carbocycles. The molecule has 0 spiro atoms. The maximum atomic E-state index is 11.1. The van der Waals surface area contributed by atoms with Crippen LogP contribution in [0.25, 0.3) is 0 Å². The quantitative estimate of drug-likeness (QED) is 0.574. The van der Waals surface area contributed by atoms with Gasteiger partial charge in [0.25, 0.3) is 0 Å². The fourth-order valence-corrected chi connectivity index (χ4v) is 1.25. The number of hydrogen-bond acceptors (Lipinski definition) is 1. The fraction of sp³-hybridized carbons (Fsp3) is 0.250. The van der Waals surface area contributed by atoms with Crippen molar-refractivity contribution in [1.82, 2.24) is 0 Å². The molecule has 0 amide bonds. The van der Waals surface area contributed by atoms with Crippen molar-refractivity contribution in [3.05, 3.63) is 29.8 Å². The van der Waals surface area contributed by atoms with Gasteiger partial charge >= 0.3 is 0 Å². The van der Waals surface area contributed by atoms with Crippen molar-refractivity contribution in [1.29, 1.82) is 0 Å². The average molecular weight is 134 g/mol. The summed E-state index contributed by atoms with van der Waals surface area (Å²) in [6, 6.07) is 7.65. The molecule has 2 rings (SSSR count). The second kappa shape index (κ2) is 1.99. The SMILES string of the molecule is [O]C1CNc2ccccc21. The zero-order chi connectivity index (χ0) is 6.97. The number of nitrogens with one attached hydrogen (secondary N) is 1. The number of para-hydroxylation sites is 1. The molecule has 1 aliphatic heterocycles. The van der Waals surface area contributed by atoms with Gasteiger partial charge in [-0.2, -0.15) is 0 Å². The van der Waals surface area contributed by atoms with Crippen LogP contribution >= 0.6 is 0 Å². The van der Waals surface area contributed by atoms with Crippen LogP contribution in [0.15, 0.2) is 24.3 Å². The molecule has 2 nitrogen and oxygen atoms in total. The summed E-state index contributed by atoms with van der Waals surface area (Å²) in [4.78, 5) is 0. The molecule has 0 saturated heterocycles. The van der Waals surface area contributed by atoms with E-state index in [1.807, 2.05) is 24.3 Å². The molecule has 1 heterocycles. The van der Waals surface area contributed by atoms with Crippen molar-refractivity contribution in [2.45, 2.75) is 6.10 Å². The summed E-state index contributed by atoms with van der Waals surface area (Å²) in [7, 11) is 0. The molecule has 1 unspecified atom stereocenters. The van der Waals surface area contributed by atoms with E-state index < -0.39 is 6.10 Å². The van der Waals surface area contributed by atoms with Crippen molar-refractivity contribution in [3.8, 4) is 0 Å². The zero-order valence-electron chi connectivity index (χ0n) is 5.50. The summed E-state index contributed by atoms with van der Waals surface area (Å²) in [5.41, 5.74) is 1.91. The second-order valence-electron chi connectivity index (χ2n) is 2.46. The van der Waals surface area contributed by atoms with Crippen LogP contribution in [-0.4, -0.2) is 6.54 Å².